The Morgan fingerprint density at radius 1 is 1.47 bits per heavy atom. The van der Waals surface area contributed by atoms with Crippen LogP contribution in [0.15, 0.2) is 18.2 Å². The summed E-state index contributed by atoms with van der Waals surface area (Å²) < 4.78 is 0. The van der Waals surface area contributed by atoms with E-state index in [1.807, 2.05) is 19.9 Å². The van der Waals surface area contributed by atoms with E-state index >= 15 is 0 Å². The highest BCUT2D eigenvalue weighted by atomic mass is 16.6. The van der Waals surface area contributed by atoms with Crippen molar-refractivity contribution in [1.82, 2.24) is 0 Å². The SMILES string of the molecule is Cc1cc(C(=O)C(C#N)CC(C)C)ccc1[N+](=O)[O-]. The second-order valence-electron chi connectivity index (χ2n) is 4.93. The van der Waals surface area contributed by atoms with Gasteiger partial charge in [-0.15, -0.1) is 0 Å². The summed E-state index contributed by atoms with van der Waals surface area (Å²) in [6.45, 7) is 5.47. The summed E-state index contributed by atoms with van der Waals surface area (Å²) >= 11 is 0. The van der Waals surface area contributed by atoms with E-state index in [1.54, 1.807) is 6.92 Å². The van der Waals surface area contributed by atoms with Crippen molar-refractivity contribution in [2.24, 2.45) is 11.8 Å². The van der Waals surface area contributed by atoms with Gasteiger partial charge in [-0.3, -0.25) is 14.9 Å². The molecule has 19 heavy (non-hydrogen) atoms. The first kappa shape index (κ1) is 14.8. The van der Waals surface area contributed by atoms with E-state index in [9.17, 15) is 14.9 Å². The van der Waals surface area contributed by atoms with Crippen molar-refractivity contribution in [3.05, 3.63) is 39.4 Å². The molecule has 1 unspecified atom stereocenters. The summed E-state index contributed by atoms with van der Waals surface area (Å²) in [5.74, 6) is -0.720. The number of ketones is 1. The van der Waals surface area contributed by atoms with Gasteiger partial charge in [0.25, 0.3) is 5.69 Å². The lowest BCUT2D eigenvalue weighted by atomic mass is 9.90. The van der Waals surface area contributed by atoms with Crippen molar-refractivity contribution in [3.8, 4) is 6.07 Å². The summed E-state index contributed by atoms with van der Waals surface area (Å²) in [5, 5.41) is 19.7. The van der Waals surface area contributed by atoms with Gasteiger partial charge in [0.2, 0.25) is 0 Å². The second-order valence-corrected chi connectivity index (χ2v) is 4.93. The van der Waals surface area contributed by atoms with Crippen molar-refractivity contribution < 1.29 is 9.72 Å². The summed E-state index contributed by atoms with van der Waals surface area (Å²) in [4.78, 5) is 22.4. The highest BCUT2D eigenvalue weighted by Gasteiger charge is 2.22. The number of carbonyl (C=O) groups is 1. The van der Waals surface area contributed by atoms with E-state index in [0.29, 0.717) is 17.5 Å². The normalized spacial score (nSPS) is 11.9. The van der Waals surface area contributed by atoms with Crippen LogP contribution in [-0.4, -0.2) is 10.7 Å². The fourth-order valence-electron chi connectivity index (χ4n) is 1.90. The highest BCUT2D eigenvalue weighted by Crippen LogP contribution is 2.22. The Balaban J connectivity index is 3.04. The topological polar surface area (TPSA) is 84.0 Å². The molecule has 1 aromatic carbocycles. The zero-order chi connectivity index (χ0) is 14.6. The van der Waals surface area contributed by atoms with Crippen LogP contribution in [0.25, 0.3) is 0 Å². The predicted molar refractivity (Wildman–Crippen MR) is 70.7 cm³/mol. The number of carbonyl (C=O) groups excluding carboxylic acids is 1. The maximum Gasteiger partial charge on any atom is 0.272 e. The minimum absolute atomic E-state index is 0.0195. The number of aryl methyl sites for hydroxylation is 1. The van der Waals surface area contributed by atoms with Crippen LogP contribution < -0.4 is 0 Å². The number of hydrogen-bond donors (Lipinski definition) is 0. The van der Waals surface area contributed by atoms with E-state index in [-0.39, 0.29) is 17.4 Å². The molecule has 0 amide bonds. The number of nitrogens with zero attached hydrogens (tertiary/aromatic N) is 2. The smallest absolute Gasteiger partial charge is 0.272 e. The zero-order valence-corrected chi connectivity index (χ0v) is 11.2. The largest absolute Gasteiger partial charge is 0.293 e. The van der Waals surface area contributed by atoms with Gasteiger partial charge in [-0.25, -0.2) is 0 Å². The Labute approximate surface area is 112 Å². The summed E-state index contributed by atoms with van der Waals surface area (Å²) in [5.41, 5.74) is 0.765. The molecule has 0 saturated heterocycles. The number of benzene rings is 1. The van der Waals surface area contributed by atoms with Gasteiger partial charge in [-0.05, 0) is 31.4 Å². The molecule has 0 aromatic heterocycles. The van der Waals surface area contributed by atoms with Crippen LogP contribution in [0.3, 0.4) is 0 Å². The molecule has 0 bridgehead atoms. The maximum absolute atomic E-state index is 12.2. The van der Waals surface area contributed by atoms with Gasteiger partial charge in [0.05, 0.1) is 11.0 Å². The average Bonchev–Trinajstić information content (AvgIpc) is 2.34. The minimum Gasteiger partial charge on any atom is -0.293 e. The van der Waals surface area contributed by atoms with Crippen LogP contribution in [0.5, 0.6) is 0 Å². The van der Waals surface area contributed by atoms with E-state index < -0.39 is 10.8 Å². The van der Waals surface area contributed by atoms with Crippen LogP contribution in [0, 0.1) is 40.2 Å². The first-order valence-electron chi connectivity index (χ1n) is 6.05. The first-order valence-corrected chi connectivity index (χ1v) is 6.05. The number of hydrogen-bond acceptors (Lipinski definition) is 4. The van der Waals surface area contributed by atoms with Crippen LogP contribution in [0.4, 0.5) is 5.69 Å². The quantitative estimate of drug-likeness (QED) is 0.462. The van der Waals surface area contributed by atoms with Gasteiger partial charge in [0.1, 0.15) is 5.92 Å². The molecular formula is C14H16N2O3. The standard InChI is InChI=1S/C14H16N2O3/c1-9(2)6-12(8-15)14(17)11-4-5-13(16(18)19)10(3)7-11/h4-5,7,9,12H,6H2,1-3H3. The fourth-order valence-corrected chi connectivity index (χ4v) is 1.90. The van der Waals surface area contributed by atoms with Crippen LogP contribution in [-0.2, 0) is 0 Å². The van der Waals surface area contributed by atoms with Crippen molar-refractivity contribution >= 4 is 11.5 Å². The molecule has 0 aliphatic heterocycles. The lowest BCUT2D eigenvalue weighted by molar-refractivity contribution is -0.385. The number of rotatable bonds is 5. The summed E-state index contributed by atoms with van der Waals surface area (Å²) in [7, 11) is 0. The number of nitro groups is 1. The zero-order valence-electron chi connectivity index (χ0n) is 11.2. The molecule has 5 heteroatoms. The highest BCUT2D eigenvalue weighted by molar-refractivity contribution is 5.99. The Bertz CT molecular complexity index is 544. The Kier molecular flexibility index (Phi) is 4.76. The van der Waals surface area contributed by atoms with E-state index in [1.165, 1.54) is 18.2 Å². The van der Waals surface area contributed by atoms with E-state index in [0.717, 1.165) is 0 Å². The van der Waals surface area contributed by atoms with Crippen LogP contribution in [0.2, 0.25) is 0 Å². The van der Waals surface area contributed by atoms with Crippen LogP contribution in [0.1, 0.15) is 36.2 Å². The third kappa shape index (κ3) is 3.62. The van der Waals surface area contributed by atoms with Gasteiger partial charge in [-0.2, -0.15) is 5.26 Å². The van der Waals surface area contributed by atoms with Gasteiger partial charge < -0.3 is 0 Å². The molecule has 0 N–H and O–H groups in total. The second kappa shape index (κ2) is 6.10. The van der Waals surface area contributed by atoms with Gasteiger partial charge >= 0.3 is 0 Å². The van der Waals surface area contributed by atoms with E-state index in [2.05, 4.69) is 0 Å². The molecule has 100 valence electrons. The molecule has 1 rings (SSSR count). The van der Waals surface area contributed by atoms with Crippen molar-refractivity contribution in [2.75, 3.05) is 0 Å². The Morgan fingerprint density at radius 2 is 2.11 bits per heavy atom. The molecule has 1 aromatic rings. The van der Waals surface area contributed by atoms with Crippen molar-refractivity contribution in [2.45, 2.75) is 27.2 Å². The van der Waals surface area contributed by atoms with Gasteiger partial charge in [0.15, 0.2) is 5.78 Å². The summed E-state index contributed by atoms with van der Waals surface area (Å²) in [6.07, 6.45) is 0.491. The number of nitro benzene ring substituents is 1. The van der Waals surface area contributed by atoms with Crippen molar-refractivity contribution in [1.29, 1.82) is 5.26 Å². The molecule has 0 aliphatic carbocycles. The molecule has 1 atom stereocenters. The van der Waals surface area contributed by atoms with E-state index in [4.69, 9.17) is 5.26 Å². The molecular weight excluding hydrogens is 244 g/mol. The minimum atomic E-state index is -0.694. The fraction of sp³-hybridized carbons (Fsp3) is 0.429. The monoisotopic (exact) mass is 260 g/mol. The third-order valence-corrected chi connectivity index (χ3v) is 2.86. The number of nitriles is 1. The third-order valence-electron chi connectivity index (χ3n) is 2.86. The first-order chi connectivity index (χ1) is 8.86. The molecule has 0 aliphatic rings. The molecule has 0 heterocycles. The molecule has 0 radical (unpaired) electrons. The number of Topliss-reactive ketones (excluding diaryl/α,β-unsaturated/α-hetero) is 1. The molecule has 0 saturated carbocycles. The maximum atomic E-state index is 12.2. The Hall–Kier alpha value is -2.22. The lowest BCUT2D eigenvalue weighted by Gasteiger charge is -2.11. The molecule has 0 fully saturated rings. The molecule has 5 nitrogen and oxygen atoms in total. The average molecular weight is 260 g/mol. The predicted octanol–water partition coefficient (Wildman–Crippen LogP) is 3.27. The summed E-state index contributed by atoms with van der Waals surface area (Å²) in [6, 6.07) is 6.21. The van der Waals surface area contributed by atoms with Gasteiger partial charge in [-0.1, -0.05) is 13.8 Å². The van der Waals surface area contributed by atoms with Gasteiger partial charge in [0, 0.05) is 17.2 Å². The van der Waals surface area contributed by atoms with Crippen LogP contribution >= 0.6 is 0 Å². The van der Waals surface area contributed by atoms with Crippen molar-refractivity contribution in [3.63, 3.8) is 0 Å². The molecule has 0 spiro atoms. The Morgan fingerprint density at radius 3 is 2.53 bits per heavy atom. The lowest BCUT2D eigenvalue weighted by Crippen LogP contribution is -2.15.